The molecule has 0 saturated carbocycles. The molecule has 2 aromatic carbocycles. The van der Waals surface area contributed by atoms with E-state index < -0.39 is 0 Å². The van der Waals surface area contributed by atoms with E-state index in [2.05, 4.69) is 4.98 Å². The Balaban J connectivity index is 2.03. The van der Waals surface area contributed by atoms with Crippen LogP contribution in [0.5, 0.6) is 0 Å². The maximum atomic E-state index is 11.1. The number of carbonyl (C=O) groups is 1. The van der Waals surface area contributed by atoms with Crippen LogP contribution in [0.4, 0.5) is 0 Å². The molecular weight excluding hydrogens is 298 g/mol. The minimum Gasteiger partial charge on any atom is -0.298 e. The molecule has 0 spiro atoms. The summed E-state index contributed by atoms with van der Waals surface area (Å²) in [4.78, 5) is 16.3. The predicted molar refractivity (Wildman–Crippen MR) is 80.6 cm³/mol. The van der Waals surface area contributed by atoms with Crippen LogP contribution in [0.25, 0.3) is 10.2 Å². The van der Waals surface area contributed by atoms with Crippen LogP contribution in [0.1, 0.15) is 10.4 Å². The summed E-state index contributed by atoms with van der Waals surface area (Å²) in [6.07, 6.45) is 0.821. The lowest BCUT2D eigenvalue weighted by molar-refractivity contribution is 0.112. The molecule has 2 nitrogen and oxygen atoms in total. The van der Waals surface area contributed by atoms with Gasteiger partial charge in [-0.15, -0.1) is 11.3 Å². The average Bonchev–Trinajstić information content (AvgIpc) is 2.83. The molecule has 5 heteroatoms. The minimum absolute atomic E-state index is 0.578. The first-order valence-corrected chi connectivity index (χ1v) is 7.56. The van der Waals surface area contributed by atoms with Gasteiger partial charge in [0.2, 0.25) is 0 Å². The zero-order valence-electron chi connectivity index (χ0n) is 9.67. The van der Waals surface area contributed by atoms with Crippen molar-refractivity contribution in [1.29, 1.82) is 0 Å². The number of benzene rings is 2. The molecule has 19 heavy (non-hydrogen) atoms. The zero-order valence-corrected chi connectivity index (χ0v) is 12.1. The Labute approximate surface area is 123 Å². The molecule has 0 amide bonds. The first kappa shape index (κ1) is 12.7. The molecule has 3 aromatic rings. The largest absolute Gasteiger partial charge is 0.298 e. The van der Waals surface area contributed by atoms with E-state index in [9.17, 15) is 4.79 Å². The maximum absolute atomic E-state index is 11.1. The highest BCUT2D eigenvalue weighted by atomic mass is 35.5. The quantitative estimate of drug-likeness (QED) is 0.644. The van der Waals surface area contributed by atoms with Gasteiger partial charge in [0, 0.05) is 10.5 Å². The molecule has 0 aliphatic rings. The van der Waals surface area contributed by atoms with Gasteiger partial charge >= 0.3 is 0 Å². The van der Waals surface area contributed by atoms with Gasteiger partial charge in [0.25, 0.3) is 0 Å². The van der Waals surface area contributed by atoms with Gasteiger partial charge in [-0.1, -0.05) is 47.6 Å². The number of aromatic nitrogens is 1. The van der Waals surface area contributed by atoms with Crippen LogP contribution in [0.15, 0.2) is 51.7 Å². The van der Waals surface area contributed by atoms with Gasteiger partial charge in [-0.05, 0) is 18.2 Å². The van der Waals surface area contributed by atoms with Crippen molar-refractivity contribution in [1.82, 2.24) is 4.98 Å². The van der Waals surface area contributed by atoms with Crippen molar-refractivity contribution < 1.29 is 4.79 Å². The highest BCUT2D eigenvalue weighted by Gasteiger charge is 2.11. The number of rotatable bonds is 3. The highest BCUT2D eigenvalue weighted by molar-refractivity contribution is 8.01. The molecule has 94 valence electrons. The third-order valence-corrected chi connectivity index (χ3v) is 5.27. The van der Waals surface area contributed by atoms with Crippen LogP contribution < -0.4 is 0 Å². The summed E-state index contributed by atoms with van der Waals surface area (Å²) in [6.45, 7) is 0. The normalized spacial score (nSPS) is 10.8. The van der Waals surface area contributed by atoms with Gasteiger partial charge in [-0.2, -0.15) is 0 Å². The fourth-order valence-electron chi connectivity index (χ4n) is 1.71. The number of hydrogen-bond acceptors (Lipinski definition) is 4. The van der Waals surface area contributed by atoms with E-state index >= 15 is 0 Å². The van der Waals surface area contributed by atoms with Gasteiger partial charge < -0.3 is 0 Å². The molecule has 0 N–H and O–H groups in total. The van der Waals surface area contributed by atoms with Crippen LogP contribution in [-0.2, 0) is 0 Å². The Hall–Kier alpha value is -1.36. The Morgan fingerprint density at radius 3 is 2.79 bits per heavy atom. The van der Waals surface area contributed by atoms with Crippen molar-refractivity contribution in [3.8, 4) is 0 Å². The molecule has 0 atom stereocenters. The van der Waals surface area contributed by atoms with Crippen molar-refractivity contribution >= 4 is 51.2 Å². The summed E-state index contributed by atoms with van der Waals surface area (Å²) in [7, 11) is 0. The summed E-state index contributed by atoms with van der Waals surface area (Å²) in [5.41, 5.74) is 1.56. The lowest BCUT2D eigenvalue weighted by Crippen LogP contribution is -1.85. The molecule has 0 saturated heterocycles. The van der Waals surface area contributed by atoms with Gasteiger partial charge in [0.15, 0.2) is 10.6 Å². The SMILES string of the molecule is O=Cc1cccc(Cl)c1Sc1nc2ccccc2s1. The molecule has 3 rings (SSSR count). The third kappa shape index (κ3) is 2.52. The number of fused-ring (bicyclic) bond motifs is 1. The van der Waals surface area contributed by atoms with Crippen molar-refractivity contribution in [2.45, 2.75) is 9.24 Å². The van der Waals surface area contributed by atoms with Crippen LogP contribution >= 0.6 is 34.7 Å². The van der Waals surface area contributed by atoms with Gasteiger partial charge in [0.1, 0.15) is 0 Å². The summed E-state index contributed by atoms with van der Waals surface area (Å²) in [5, 5.41) is 0.578. The predicted octanol–water partition coefficient (Wildman–Crippen LogP) is 4.91. The fourth-order valence-corrected chi connectivity index (χ4v) is 4.11. The second-order valence-corrected chi connectivity index (χ2v) is 6.52. The lowest BCUT2D eigenvalue weighted by atomic mass is 10.2. The Morgan fingerprint density at radius 2 is 2.00 bits per heavy atom. The number of nitrogens with zero attached hydrogens (tertiary/aromatic N) is 1. The van der Waals surface area contributed by atoms with Crippen molar-refractivity contribution in [2.75, 3.05) is 0 Å². The van der Waals surface area contributed by atoms with E-state index in [1.165, 1.54) is 11.8 Å². The third-order valence-electron chi connectivity index (χ3n) is 2.59. The van der Waals surface area contributed by atoms with Crippen LogP contribution in [0.2, 0.25) is 5.02 Å². The van der Waals surface area contributed by atoms with Crippen molar-refractivity contribution in [2.24, 2.45) is 0 Å². The average molecular weight is 306 g/mol. The number of para-hydroxylation sites is 1. The van der Waals surface area contributed by atoms with Gasteiger partial charge in [-0.3, -0.25) is 4.79 Å². The smallest absolute Gasteiger partial charge is 0.155 e. The second kappa shape index (κ2) is 5.33. The van der Waals surface area contributed by atoms with Crippen LogP contribution in [0, 0.1) is 0 Å². The molecular formula is C14H8ClNOS2. The second-order valence-electron chi connectivity index (χ2n) is 3.83. The monoisotopic (exact) mass is 305 g/mol. The summed E-state index contributed by atoms with van der Waals surface area (Å²) in [5.74, 6) is 0. The van der Waals surface area contributed by atoms with Gasteiger partial charge in [-0.25, -0.2) is 4.98 Å². The molecule has 0 aliphatic carbocycles. The number of hydrogen-bond donors (Lipinski definition) is 0. The molecule has 0 fully saturated rings. The van der Waals surface area contributed by atoms with Crippen molar-refractivity contribution in [3.63, 3.8) is 0 Å². The van der Waals surface area contributed by atoms with E-state index in [-0.39, 0.29) is 0 Å². The van der Waals surface area contributed by atoms with E-state index in [1.54, 1.807) is 29.5 Å². The summed E-state index contributed by atoms with van der Waals surface area (Å²) in [6, 6.07) is 13.3. The number of thiazole rings is 1. The standard InChI is InChI=1S/C14H8ClNOS2/c15-10-5-3-4-9(8-17)13(10)19-14-16-11-6-1-2-7-12(11)18-14/h1-8H. The number of carbonyl (C=O) groups excluding carboxylic acids is 1. The van der Waals surface area contributed by atoms with E-state index in [0.717, 1.165) is 25.7 Å². The lowest BCUT2D eigenvalue weighted by Gasteiger charge is -2.03. The van der Waals surface area contributed by atoms with E-state index in [4.69, 9.17) is 11.6 Å². The summed E-state index contributed by atoms with van der Waals surface area (Å²) < 4.78 is 2.02. The number of aldehydes is 1. The molecule has 0 unspecified atom stereocenters. The van der Waals surface area contributed by atoms with Crippen molar-refractivity contribution in [3.05, 3.63) is 53.1 Å². The zero-order chi connectivity index (χ0) is 13.2. The molecule has 0 bridgehead atoms. The van der Waals surface area contributed by atoms with E-state index in [1.807, 2.05) is 24.3 Å². The fraction of sp³-hybridized carbons (Fsp3) is 0. The minimum atomic E-state index is 0.578. The Morgan fingerprint density at radius 1 is 1.16 bits per heavy atom. The number of halogens is 1. The van der Waals surface area contributed by atoms with Crippen LogP contribution in [0.3, 0.4) is 0 Å². The molecule has 1 heterocycles. The first-order chi connectivity index (χ1) is 9.28. The maximum Gasteiger partial charge on any atom is 0.155 e. The molecule has 0 aliphatic heterocycles. The highest BCUT2D eigenvalue weighted by Crippen LogP contribution is 2.38. The molecule has 1 aromatic heterocycles. The Bertz CT molecular complexity index is 721. The van der Waals surface area contributed by atoms with Crippen LogP contribution in [-0.4, -0.2) is 11.3 Å². The van der Waals surface area contributed by atoms with Gasteiger partial charge in [0.05, 0.1) is 15.2 Å². The summed E-state index contributed by atoms with van der Waals surface area (Å²) >= 11 is 9.19. The Kier molecular flexibility index (Phi) is 3.55. The first-order valence-electron chi connectivity index (χ1n) is 5.55. The van der Waals surface area contributed by atoms with E-state index in [0.29, 0.717) is 10.6 Å². The molecule has 0 radical (unpaired) electrons. The topological polar surface area (TPSA) is 30.0 Å².